The number of hydrogen-bond donors (Lipinski definition) is 5. The first kappa shape index (κ1) is 44.6. The number of carbonyl (C=O) groups is 3. The van der Waals surface area contributed by atoms with Crippen molar-refractivity contribution in [2.75, 3.05) is 60.9 Å². The fraction of sp³-hybridized carbons (Fsp3) is 0.233. The molecule has 4 aromatic heterocycles. The van der Waals surface area contributed by atoms with Crippen LogP contribution in [0.4, 0.5) is 16.1 Å². The van der Waals surface area contributed by atoms with Gasteiger partial charge in [-0.05, 0) is 24.1 Å². The van der Waals surface area contributed by atoms with Gasteiger partial charge in [-0.1, -0.05) is 108 Å². The molecule has 1 aliphatic rings. The van der Waals surface area contributed by atoms with Gasteiger partial charge in [-0.2, -0.15) is 15.2 Å². The summed E-state index contributed by atoms with van der Waals surface area (Å²) in [6.45, 7) is 4.49. The lowest BCUT2D eigenvalue weighted by Gasteiger charge is -2.09. The van der Waals surface area contributed by atoms with E-state index in [-0.39, 0.29) is 43.8 Å². The molecule has 332 valence electrons. The quantitative estimate of drug-likeness (QED) is 0.0272. The molecule has 0 spiro atoms. The summed E-state index contributed by atoms with van der Waals surface area (Å²) in [6, 6.07) is 26.2. The molecule has 0 fully saturated rings. The van der Waals surface area contributed by atoms with Crippen LogP contribution in [0.3, 0.4) is 0 Å². The molecule has 65 heavy (non-hydrogen) atoms. The molecule has 1 aliphatic heterocycles. The molecule has 3 aromatic carbocycles. The maximum Gasteiger partial charge on any atom is 0.303 e. The van der Waals surface area contributed by atoms with Gasteiger partial charge in [-0.15, -0.1) is 16.4 Å². The van der Waals surface area contributed by atoms with Crippen LogP contribution in [-0.4, -0.2) is 109 Å². The summed E-state index contributed by atoms with van der Waals surface area (Å²) >= 11 is 3.95. The topological polar surface area (TPSA) is 245 Å². The standard InChI is InChI=1S/C43H43N15O4S3/c1-2-23-63-42-50-36(45-18-17-44)35-37(51-42)57(56-53-35)25-27-13-15-30(16-14-27)38(59)46-19-21-62-22-20-47-39(60)32-24-48-41(65-32)54-52-34-33(29-11-7-4-8-12-29)55-58(40(34)61)43-49-31(26-64-43)28-9-5-3-6-10-28/h3-16,24,26H,2,17-23,25,44H2,1H3,(H,46,59)(H,47,60)(H,48,54)(H,45,50,51)/b52-34+. The molecule has 0 saturated carbocycles. The second kappa shape index (κ2) is 21.6. The molecule has 0 aliphatic carbocycles. The molecule has 3 amide bonds. The number of hydrogen-bond acceptors (Lipinski definition) is 18. The maximum atomic E-state index is 13.7. The number of amides is 3. The number of hydrazone groups is 2. The molecule has 0 radical (unpaired) electrons. The molecule has 22 heteroatoms. The fourth-order valence-electron chi connectivity index (χ4n) is 6.27. The molecular weight excluding hydrogens is 887 g/mol. The van der Waals surface area contributed by atoms with Crippen molar-refractivity contribution in [2.24, 2.45) is 15.9 Å². The van der Waals surface area contributed by atoms with Gasteiger partial charge in [0.25, 0.3) is 11.8 Å². The predicted molar refractivity (Wildman–Crippen MR) is 254 cm³/mol. The lowest BCUT2D eigenvalue weighted by atomic mass is 10.1. The molecule has 0 unspecified atom stereocenters. The van der Waals surface area contributed by atoms with Crippen molar-refractivity contribution in [1.29, 1.82) is 0 Å². The third-order valence-corrected chi connectivity index (χ3v) is 12.2. The minimum absolute atomic E-state index is 0.0755. The molecule has 0 atom stereocenters. The number of nitrogens with two attached hydrogens (primary N) is 1. The van der Waals surface area contributed by atoms with Gasteiger partial charge in [0, 0.05) is 54.0 Å². The van der Waals surface area contributed by atoms with Crippen molar-refractivity contribution in [2.45, 2.75) is 25.0 Å². The zero-order valence-electron chi connectivity index (χ0n) is 35.0. The Labute approximate surface area is 385 Å². The van der Waals surface area contributed by atoms with Crippen molar-refractivity contribution in [3.05, 3.63) is 118 Å². The summed E-state index contributed by atoms with van der Waals surface area (Å²) in [7, 11) is 0. The van der Waals surface area contributed by atoms with Crippen LogP contribution in [0.5, 0.6) is 0 Å². The van der Waals surface area contributed by atoms with E-state index in [2.05, 4.69) is 63.8 Å². The summed E-state index contributed by atoms with van der Waals surface area (Å²) < 4.78 is 7.36. The normalized spacial score (nSPS) is 13.1. The van der Waals surface area contributed by atoms with Gasteiger partial charge < -0.3 is 26.4 Å². The number of rotatable bonds is 21. The Kier molecular flexibility index (Phi) is 14.8. The highest BCUT2D eigenvalue weighted by Crippen LogP contribution is 2.31. The summed E-state index contributed by atoms with van der Waals surface area (Å²) in [4.78, 5) is 58.0. The van der Waals surface area contributed by atoms with Crippen molar-refractivity contribution >= 4 is 90.8 Å². The smallest absolute Gasteiger partial charge is 0.303 e. The van der Waals surface area contributed by atoms with Gasteiger partial charge in [0.05, 0.1) is 31.6 Å². The summed E-state index contributed by atoms with van der Waals surface area (Å²) in [6.07, 6.45) is 2.41. The van der Waals surface area contributed by atoms with E-state index in [1.165, 1.54) is 22.5 Å². The Balaban J connectivity index is 0.776. The first-order chi connectivity index (χ1) is 31.9. The highest BCUT2D eigenvalue weighted by atomic mass is 32.2. The SMILES string of the molecule is CCCSc1nc(NCCN)c2nnn(Cc3ccc(C(=O)NCCOCCNC(=O)c4cnc(N/N=C5/C(=O)N(c6nc(-c7ccccc7)cs6)N=C5c5ccccc5)s4)cc3)c2n1. The van der Waals surface area contributed by atoms with E-state index in [1.807, 2.05) is 78.2 Å². The zero-order chi connectivity index (χ0) is 45.0. The highest BCUT2D eigenvalue weighted by Gasteiger charge is 2.36. The van der Waals surface area contributed by atoms with Crippen LogP contribution >= 0.6 is 34.4 Å². The number of carbonyl (C=O) groups excluding carboxylic acids is 3. The van der Waals surface area contributed by atoms with Crippen LogP contribution in [0.2, 0.25) is 0 Å². The number of thiazole rings is 2. The van der Waals surface area contributed by atoms with Crippen LogP contribution in [0, 0.1) is 0 Å². The molecular formula is C43H43N15O4S3. The first-order valence-electron chi connectivity index (χ1n) is 20.6. The molecule has 8 rings (SSSR count). The molecule has 19 nitrogen and oxygen atoms in total. The van der Waals surface area contributed by atoms with Crippen molar-refractivity contribution in [3.63, 3.8) is 0 Å². The highest BCUT2D eigenvalue weighted by molar-refractivity contribution is 7.99. The minimum atomic E-state index is -0.457. The number of anilines is 3. The van der Waals surface area contributed by atoms with E-state index in [0.717, 1.165) is 40.3 Å². The van der Waals surface area contributed by atoms with Crippen molar-refractivity contribution in [3.8, 4) is 11.3 Å². The van der Waals surface area contributed by atoms with E-state index in [0.29, 0.717) is 73.8 Å². The number of nitrogens with zero attached hydrogens (tertiary/aromatic N) is 10. The molecule has 0 bridgehead atoms. The average molecular weight is 930 g/mol. The van der Waals surface area contributed by atoms with E-state index < -0.39 is 5.91 Å². The zero-order valence-corrected chi connectivity index (χ0v) is 37.5. The van der Waals surface area contributed by atoms with Gasteiger partial charge in [0.15, 0.2) is 27.8 Å². The summed E-state index contributed by atoms with van der Waals surface area (Å²) in [5.41, 5.74) is 13.9. The Hall–Kier alpha value is -6.98. The van der Waals surface area contributed by atoms with Crippen LogP contribution in [-0.2, 0) is 16.1 Å². The first-order valence-corrected chi connectivity index (χ1v) is 23.3. The van der Waals surface area contributed by atoms with Crippen molar-refractivity contribution in [1.82, 2.24) is 45.6 Å². The van der Waals surface area contributed by atoms with Crippen LogP contribution in [0.1, 0.15) is 44.5 Å². The van der Waals surface area contributed by atoms with E-state index in [1.54, 1.807) is 28.6 Å². The fourth-order valence-corrected chi connectivity index (χ4v) is 8.42. The predicted octanol–water partition coefficient (Wildman–Crippen LogP) is 5.12. The second-order valence-electron chi connectivity index (χ2n) is 14.1. The lowest BCUT2D eigenvalue weighted by Crippen LogP contribution is -2.30. The molecule has 6 N–H and O–H groups in total. The Morgan fingerprint density at radius 2 is 1.63 bits per heavy atom. The molecule has 7 aromatic rings. The number of thioether (sulfide) groups is 1. The Bertz CT molecular complexity index is 2810. The van der Waals surface area contributed by atoms with Gasteiger partial charge in [-0.25, -0.2) is 24.6 Å². The van der Waals surface area contributed by atoms with Crippen LogP contribution < -0.4 is 32.1 Å². The van der Waals surface area contributed by atoms with Crippen molar-refractivity contribution < 1.29 is 19.1 Å². The van der Waals surface area contributed by atoms with Gasteiger partial charge >= 0.3 is 5.91 Å². The summed E-state index contributed by atoms with van der Waals surface area (Å²) in [5.74, 6) is 0.445. The third-order valence-electron chi connectivity index (χ3n) is 9.43. The van der Waals surface area contributed by atoms with E-state index in [4.69, 9.17) is 15.5 Å². The number of fused-ring (bicyclic) bond motifs is 1. The molecule has 5 heterocycles. The van der Waals surface area contributed by atoms with Gasteiger partial charge in [0.1, 0.15) is 10.6 Å². The maximum absolute atomic E-state index is 13.7. The minimum Gasteiger partial charge on any atom is -0.378 e. The second-order valence-corrected chi connectivity index (χ2v) is 17.0. The van der Waals surface area contributed by atoms with Gasteiger partial charge in [0.2, 0.25) is 10.3 Å². The monoisotopic (exact) mass is 929 g/mol. The third kappa shape index (κ3) is 11.0. The van der Waals surface area contributed by atoms with Gasteiger partial charge in [-0.3, -0.25) is 19.8 Å². The summed E-state index contributed by atoms with van der Waals surface area (Å²) in [5, 5.41) is 31.0. The van der Waals surface area contributed by atoms with Crippen LogP contribution in [0.15, 0.2) is 112 Å². The number of aromatic nitrogens is 7. The lowest BCUT2D eigenvalue weighted by molar-refractivity contribution is -0.112. The number of benzene rings is 3. The Morgan fingerprint density at radius 3 is 2.37 bits per heavy atom. The largest absolute Gasteiger partial charge is 0.378 e. The average Bonchev–Trinajstić information content (AvgIpc) is 4.17. The number of nitrogens with one attached hydrogen (secondary N) is 4. The van der Waals surface area contributed by atoms with Crippen LogP contribution in [0.25, 0.3) is 22.4 Å². The Morgan fingerprint density at radius 1 is 0.892 bits per heavy atom. The molecule has 0 saturated heterocycles. The number of ether oxygens (including phenoxy) is 1. The van der Waals surface area contributed by atoms with E-state index >= 15 is 0 Å². The van der Waals surface area contributed by atoms with E-state index in [9.17, 15) is 14.4 Å².